The van der Waals surface area contributed by atoms with E-state index in [1.54, 1.807) is 12.2 Å². The zero-order valence-electron chi connectivity index (χ0n) is 21.5. The first kappa shape index (κ1) is 26.6. The summed E-state index contributed by atoms with van der Waals surface area (Å²) in [5.41, 5.74) is -1.52. The quantitative estimate of drug-likeness (QED) is 0.256. The van der Waals surface area contributed by atoms with Gasteiger partial charge in [0.1, 0.15) is 23.2 Å². The molecule has 3 saturated carbocycles. The van der Waals surface area contributed by atoms with E-state index in [2.05, 4.69) is 17.2 Å². The molecule has 2 bridgehead atoms. The zero-order chi connectivity index (χ0) is 27.4. The second-order valence-corrected chi connectivity index (χ2v) is 11.6. The van der Waals surface area contributed by atoms with E-state index < -0.39 is 46.7 Å². The Morgan fingerprint density at radius 1 is 1.13 bits per heavy atom. The lowest BCUT2D eigenvalue weighted by Gasteiger charge is -2.43. The molecule has 10 atom stereocenters. The molecular weight excluding hydrogens is 488 g/mol. The average molecular weight is 525 g/mol. The molecule has 2 amide bonds. The van der Waals surface area contributed by atoms with Gasteiger partial charge in [0.25, 0.3) is 5.91 Å². The number of amides is 2. The van der Waals surface area contributed by atoms with Gasteiger partial charge in [-0.05, 0) is 73.3 Å². The minimum Gasteiger partial charge on any atom is -0.507 e. The minimum atomic E-state index is -1.23. The molecule has 2 aliphatic heterocycles. The van der Waals surface area contributed by atoms with E-state index in [1.165, 1.54) is 12.2 Å². The number of allylic oxidation sites excluding steroid dienone is 4. The van der Waals surface area contributed by atoms with Gasteiger partial charge in [0.05, 0.1) is 17.6 Å². The number of carbonyl (C=O) groups excluding carboxylic acids is 4. The number of carbonyl (C=O) groups is 4. The molecule has 2 unspecified atom stereocenters. The Bertz CT molecular complexity index is 1160. The lowest BCUT2D eigenvalue weighted by Crippen LogP contribution is -2.51. The zero-order valence-corrected chi connectivity index (χ0v) is 21.5. The summed E-state index contributed by atoms with van der Waals surface area (Å²) in [5.74, 6) is -3.34. The van der Waals surface area contributed by atoms with Gasteiger partial charge in [-0.25, -0.2) is 0 Å². The molecule has 4 fully saturated rings. The van der Waals surface area contributed by atoms with E-state index in [-0.39, 0.29) is 66.6 Å². The largest absolute Gasteiger partial charge is 0.507 e. The lowest BCUT2D eigenvalue weighted by atomic mass is 9.61. The lowest BCUT2D eigenvalue weighted by molar-refractivity contribution is -0.144. The van der Waals surface area contributed by atoms with Crippen LogP contribution >= 0.6 is 0 Å². The summed E-state index contributed by atoms with van der Waals surface area (Å²) in [5, 5.41) is 38.1. The summed E-state index contributed by atoms with van der Waals surface area (Å²) in [4.78, 5) is 51.2. The fraction of sp³-hybridized carbons (Fsp3) is 0.586. The Morgan fingerprint density at radius 2 is 1.89 bits per heavy atom. The second kappa shape index (κ2) is 9.93. The maximum atomic E-state index is 13.6. The molecular formula is C29H36N2O7. The van der Waals surface area contributed by atoms with Crippen LogP contribution < -0.4 is 10.6 Å². The van der Waals surface area contributed by atoms with Crippen molar-refractivity contribution in [2.24, 2.45) is 41.4 Å². The van der Waals surface area contributed by atoms with Crippen LogP contribution in [0.4, 0.5) is 0 Å². The van der Waals surface area contributed by atoms with Crippen LogP contribution in [0.2, 0.25) is 0 Å². The molecule has 2 heterocycles. The highest BCUT2D eigenvalue weighted by Gasteiger charge is 2.66. The number of fused-ring (bicyclic) bond motifs is 7. The number of rotatable bonds is 1. The Balaban J connectivity index is 1.50. The number of ketones is 2. The van der Waals surface area contributed by atoms with Crippen molar-refractivity contribution in [1.29, 1.82) is 0 Å². The van der Waals surface area contributed by atoms with Crippen LogP contribution in [-0.2, 0) is 19.2 Å². The summed E-state index contributed by atoms with van der Waals surface area (Å²) in [6.45, 7) is 6.01. The SMILES string of the molecule is C=C[C@H]1C[C@@H]2C[C@@H]3[C@H]4CC=CC(=O)NCCC(O)C5NC(=O)C(=C(O)C=C[C@@H]4CC(=O)[C@H]3[C@]2(O)[C@H]1C)C5=O. The molecule has 1 saturated heterocycles. The molecule has 0 aromatic heterocycles. The van der Waals surface area contributed by atoms with Gasteiger partial charge in [-0.2, -0.15) is 0 Å². The third-order valence-electron chi connectivity index (χ3n) is 9.85. The van der Waals surface area contributed by atoms with Gasteiger partial charge >= 0.3 is 0 Å². The summed E-state index contributed by atoms with van der Waals surface area (Å²) in [6, 6.07) is -1.21. The highest BCUT2D eigenvalue weighted by Crippen LogP contribution is 2.63. The van der Waals surface area contributed by atoms with E-state index in [4.69, 9.17) is 0 Å². The topological polar surface area (TPSA) is 153 Å². The second-order valence-electron chi connectivity index (χ2n) is 11.6. The molecule has 0 aromatic rings. The molecule has 9 heteroatoms. The maximum absolute atomic E-state index is 13.6. The third kappa shape index (κ3) is 4.16. The molecule has 0 aromatic carbocycles. The summed E-state index contributed by atoms with van der Waals surface area (Å²) in [7, 11) is 0. The monoisotopic (exact) mass is 524 g/mol. The smallest absolute Gasteiger partial charge is 0.259 e. The van der Waals surface area contributed by atoms with Gasteiger partial charge in [-0.3, -0.25) is 19.2 Å². The highest BCUT2D eigenvalue weighted by atomic mass is 16.3. The first-order chi connectivity index (χ1) is 18.1. The van der Waals surface area contributed by atoms with Gasteiger partial charge in [0, 0.05) is 13.0 Å². The Kier molecular flexibility index (Phi) is 6.94. The maximum Gasteiger partial charge on any atom is 0.259 e. The van der Waals surface area contributed by atoms with Crippen molar-refractivity contribution in [2.75, 3.05) is 6.54 Å². The molecule has 5 rings (SSSR count). The third-order valence-corrected chi connectivity index (χ3v) is 9.85. The first-order valence-corrected chi connectivity index (χ1v) is 13.5. The van der Waals surface area contributed by atoms with Crippen molar-refractivity contribution in [2.45, 2.75) is 56.8 Å². The number of hydrogen-bond donors (Lipinski definition) is 5. The van der Waals surface area contributed by atoms with Crippen molar-refractivity contribution in [3.63, 3.8) is 0 Å². The van der Waals surface area contributed by atoms with E-state index in [0.717, 1.165) is 6.42 Å². The van der Waals surface area contributed by atoms with Crippen LogP contribution in [0.5, 0.6) is 0 Å². The van der Waals surface area contributed by atoms with Crippen LogP contribution in [0.25, 0.3) is 0 Å². The van der Waals surface area contributed by atoms with Crippen molar-refractivity contribution >= 4 is 23.4 Å². The van der Waals surface area contributed by atoms with Crippen molar-refractivity contribution < 1.29 is 34.5 Å². The van der Waals surface area contributed by atoms with Crippen LogP contribution in [0.3, 0.4) is 0 Å². The normalized spacial score (nSPS) is 43.4. The fourth-order valence-corrected chi connectivity index (χ4v) is 7.93. The molecule has 0 spiro atoms. The van der Waals surface area contributed by atoms with Crippen molar-refractivity contribution in [1.82, 2.24) is 10.6 Å². The Morgan fingerprint density at radius 3 is 2.63 bits per heavy atom. The predicted octanol–water partition coefficient (Wildman–Crippen LogP) is 1.28. The standard InChI is InChI=1S/C29H36N2O7/c1-3-15-11-17-13-19-18-5-4-6-23(35)30-10-9-21(33)26-27(36)24(28(37)31-26)20(32)8-7-16(18)12-22(34)25(19)29(17,38)14(15)2/h3-4,6-8,14-19,21,25-26,32-33,38H,1,5,9-13H2,2H3,(H,30,35)(H,31,37)/t14-,15-,16+,17+,18-,19+,21?,25-,26?,29-/m0/s1. The fourth-order valence-electron chi connectivity index (χ4n) is 7.93. The summed E-state index contributed by atoms with van der Waals surface area (Å²) in [6.07, 6.45) is 8.97. The first-order valence-electron chi connectivity index (χ1n) is 13.5. The molecule has 5 N–H and O–H groups in total. The van der Waals surface area contributed by atoms with E-state index in [0.29, 0.717) is 12.8 Å². The molecule has 3 aliphatic carbocycles. The molecule has 5 aliphatic rings. The Labute approximate surface area is 221 Å². The molecule has 0 radical (unpaired) electrons. The molecule has 9 nitrogen and oxygen atoms in total. The van der Waals surface area contributed by atoms with Gasteiger partial charge < -0.3 is 26.0 Å². The molecule has 204 valence electrons. The predicted molar refractivity (Wildman–Crippen MR) is 137 cm³/mol. The van der Waals surface area contributed by atoms with Gasteiger partial charge in [-0.15, -0.1) is 6.58 Å². The highest BCUT2D eigenvalue weighted by molar-refractivity contribution is 6.27. The van der Waals surface area contributed by atoms with Crippen LogP contribution in [0.1, 0.15) is 39.0 Å². The van der Waals surface area contributed by atoms with E-state index in [1.807, 2.05) is 13.0 Å². The van der Waals surface area contributed by atoms with E-state index >= 15 is 0 Å². The number of Topliss-reactive ketones (excluding diaryl/α,β-unsaturated/α-hetero) is 2. The van der Waals surface area contributed by atoms with Crippen molar-refractivity contribution in [3.8, 4) is 0 Å². The number of nitrogens with one attached hydrogen (secondary N) is 2. The minimum absolute atomic E-state index is 0.0199. The van der Waals surface area contributed by atoms with Gasteiger partial charge in [0.15, 0.2) is 5.78 Å². The average Bonchev–Trinajstić information content (AvgIpc) is 3.43. The van der Waals surface area contributed by atoms with Crippen LogP contribution in [0.15, 0.2) is 48.3 Å². The van der Waals surface area contributed by atoms with Crippen LogP contribution in [-0.4, -0.2) is 63.0 Å². The van der Waals surface area contributed by atoms with Gasteiger partial charge in [0.2, 0.25) is 5.91 Å². The Hall–Kier alpha value is -3.04. The van der Waals surface area contributed by atoms with E-state index in [9.17, 15) is 34.5 Å². The van der Waals surface area contributed by atoms with Crippen molar-refractivity contribution in [3.05, 3.63) is 48.3 Å². The summed E-state index contributed by atoms with van der Waals surface area (Å²) < 4.78 is 0. The molecule has 38 heavy (non-hydrogen) atoms. The summed E-state index contributed by atoms with van der Waals surface area (Å²) >= 11 is 0. The number of aliphatic hydroxyl groups is 3. The van der Waals surface area contributed by atoms with Crippen LogP contribution in [0, 0.1) is 41.4 Å². The van der Waals surface area contributed by atoms with Gasteiger partial charge in [-0.1, -0.05) is 25.2 Å². The number of hydrogen-bond acceptors (Lipinski definition) is 7. The number of aliphatic hydroxyl groups excluding tert-OH is 2.